The zero-order valence-electron chi connectivity index (χ0n) is 14.3. The van der Waals surface area contributed by atoms with E-state index in [0.29, 0.717) is 11.7 Å². The zero-order valence-corrected chi connectivity index (χ0v) is 15.1. The number of imidazole rings is 1. The Hall–Kier alpha value is -1.53. The van der Waals surface area contributed by atoms with Gasteiger partial charge in [0.05, 0.1) is 22.0 Å². The number of amides is 1. The second-order valence-corrected chi connectivity index (χ2v) is 7.70. The summed E-state index contributed by atoms with van der Waals surface area (Å²) in [4.78, 5) is 22.4. The van der Waals surface area contributed by atoms with Gasteiger partial charge >= 0.3 is 0 Å². The molecule has 1 aromatic carbocycles. The number of aromatic nitrogens is 2. The lowest BCUT2D eigenvalue weighted by molar-refractivity contribution is -0.129. The Balaban J connectivity index is 1.49. The van der Waals surface area contributed by atoms with Crippen LogP contribution in [0.1, 0.15) is 30.8 Å². The van der Waals surface area contributed by atoms with Crippen molar-refractivity contribution in [1.82, 2.24) is 14.9 Å². The van der Waals surface area contributed by atoms with Crippen LogP contribution in [0.15, 0.2) is 24.3 Å². The number of carbonyl (C=O) groups is 1. The van der Waals surface area contributed by atoms with E-state index in [9.17, 15) is 4.79 Å². The van der Waals surface area contributed by atoms with Crippen molar-refractivity contribution in [2.45, 2.75) is 25.0 Å². The molecule has 1 amide bonds. The Morgan fingerprint density at radius 2 is 2.17 bits per heavy atom. The third-order valence-corrected chi connectivity index (χ3v) is 5.76. The average Bonchev–Trinajstić information content (AvgIpc) is 3.04. The number of nitrogens with zero attached hydrogens (tertiary/aromatic N) is 2. The van der Waals surface area contributed by atoms with Crippen molar-refractivity contribution in [3.63, 3.8) is 0 Å². The topological polar surface area (TPSA) is 58.2 Å². The normalized spacial score (nSPS) is 17.3. The molecular weight excluding hydrogens is 322 g/mol. The summed E-state index contributed by atoms with van der Waals surface area (Å²) in [7, 11) is 1.74. The van der Waals surface area contributed by atoms with Crippen molar-refractivity contribution in [3.8, 4) is 0 Å². The van der Waals surface area contributed by atoms with Gasteiger partial charge in [-0.3, -0.25) is 4.79 Å². The van der Waals surface area contributed by atoms with Crippen LogP contribution in [0.4, 0.5) is 0 Å². The van der Waals surface area contributed by atoms with Crippen molar-refractivity contribution < 1.29 is 9.53 Å². The second kappa shape index (κ2) is 8.03. The van der Waals surface area contributed by atoms with Crippen molar-refractivity contribution in [1.29, 1.82) is 0 Å². The SMILES string of the molecule is COCC1CCN(C(=O)CSC(C)c2nc3ccccc3[nH]2)CC1. The zero-order chi connectivity index (χ0) is 16.9. The maximum absolute atomic E-state index is 12.4. The van der Waals surface area contributed by atoms with E-state index < -0.39 is 0 Å². The largest absolute Gasteiger partial charge is 0.384 e. The first-order valence-corrected chi connectivity index (χ1v) is 9.55. The van der Waals surface area contributed by atoms with Crippen LogP contribution in [0, 0.1) is 5.92 Å². The molecule has 1 unspecified atom stereocenters. The molecule has 0 radical (unpaired) electrons. The fraction of sp³-hybridized carbons (Fsp3) is 0.556. The maximum Gasteiger partial charge on any atom is 0.232 e. The molecule has 1 saturated heterocycles. The van der Waals surface area contributed by atoms with Gasteiger partial charge in [-0.2, -0.15) is 0 Å². The summed E-state index contributed by atoms with van der Waals surface area (Å²) in [5.41, 5.74) is 2.03. The van der Waals surface area contributed by atoms with Gasteiger partial charge in [-0.1, -0.05) is 12.1 Å². The first-order chi connectivity index (χ1) is 11.7. The molecule has 0 bridgehead atoms. The molecule has 24 heavy (non-hydrogen) atoms. The Morgan fingerprint density at radius 3 is 2.88 bits per heavy atom. The standard InChI is InChI=1S/C18H25N3O2S/c1-13(18-19-15-5-3-4-6-16(15)20-18)24-12-17(22)21-9-7-14(8-10-21)11-23-2/h3-6,13-14H,7-12H2,1-2H3,(H,19,20). The quantitative estimate of drug-likeness (QED) is 0.871. The van der Waals surface area contributed by atoms with Gasteiger partial charge in [0, 0.05) is 26.8 Å². The van der Waals surface area contributed by atoms with Crippen LogP contribution >= 0.6 is 11.8 Å². The highest BCUT2D eigenvalue weighted by Crippen LogP contribution is 2.28. The summed E-state index contributed by atoms with van der Waals surface area (Å²) in [6.45, 7) is 4.61. The molecule has 1 aliphatic heterocycles. The van der Waals surface area contributed by atoms with Gasteiger partial charge in [0.1, 0.15) is 5.82 Å². The second-order valence-electron chi connectivity index (χ2n) is 6.37. The minimum absolute atomic E-state index is 0.174. The third-order valence-electron chi connectivity index (χ3n) is 4.62. The lowest BCUT2D eigenvalue weighted by Crippen LogP contribution is -2.40. The number of nitrogens with one attached hydrogen (secondary N) is 1. The molecule has 3 rings (SSSR count). The van der Waals surface area contributed by atoms with Gasteiger partial charge in [0.2, 0.25) is 5.91 Å². The van der Waals surface area contributed by atoms with Crippen LogP contribution in [0.3, 0.4) is 0 Å². The number of fused-ring (bicyclic) bond motifs is 1. The van der Waals surface area contributed by atoms with E-state index >= 15 is 0 Å². The maximum atomic E-state index is 12.4. The van der Waals surface area contributed by atoms with E-state index in [4.69, 9.17) is 4.74 Å². The fourth-order valence-corrected chi connectivity index (χ4v) is 3.96. The number of piperidine rings is 1. The van der Waals surface area contributed by atoms with Gasteiger partial charge in [-0.25, -0.2) is 4.98 Å². The minimum Gasteiger partial charge on any atom is -0.384 e. The predicted molar refractivity (Wildman–Crippen MR) is 98.1 cm³/mol. The predicted octanol–water partition coefficient (Wildman–Crippen LogP) is 3.24. The number of rotatable bonds is 6. The smallest absolute Gasteiger partial charge is 0.232 e. The number of ether oxygens (including phenoxy) is 1. The molecular formula is C18H25N3O2S. The summed E-state index contributed by atoms with van der Waals surface area (Å²) >= 11 is 1.65. The molecule has 6 heteroatoms. The monoisotopic (exact) mass is 347 g/mol. The highest BCUT2D eigenvalue weighted by molar-refractivity contribution is 8.00. The van der Waals surface area contributed by atoms with Crippen molar-refractivity contribution >= 4 is 28.7 Å². The molecule has 0 aliphatic carbocycles. The van der Waals surface area contributed by atoms with E-state index in [1.54, 1.807) is 18.9 Å². The number of benzene rings is 1. The van der Waals surface area contributed by atoms with Gasteiger partial charge in [-0.05, 0) is 37.8 Å². The van der Waals surface area contributed by atoms with Gasteiger partial charge < -0.3 is 14.6 Å². The van der Waals surface area contributed by atoms with Crippen molar-refractivity contribution in [3.05, 3.63) is 30.1 Å². The highest BCUT2D eigenvalue weighted by atomic mass is 32.2. The van der Waals surface area contributed by atoms with Gasteiger partial charge in [-0.15, -0.1) is 11.8 Å². The number of hydrogen-bond donors (Lipinski definition) is 1. The molecule has 2 heterocycles. The number of methoxy groups -OCH3 is 1. The third kappa shape index (κ3) is 4.11. The number of thioether (sulfide) groups is 1. The summed E-state index contributed by atoms with van der Waals surface area (Å²) in [5, 5.41) is 0.174. The molecule has 0 saturated carbocycles. The molecule has 1 N–H and O–H groups in total. The first kappa shape index (κ1) is 17.3. The Morgan fingerprint density at radius 1 is 1.42 bits per heavy atom. The van der Waals surface area contributed by atoms with Crippen LogP contribution in [-0.4, -0.2) is 53.3 Å². The number of H-pyrrole nitrogens is 1. The summed E-state index contributed by atoms with van der Waals surface area (Å²) in [6.07, 6.45) is 2.09. The molecule has 1 aromatic heterocycles. The van der Waals surface area contributed by atoms with E-state index in [0.717, 1.165) is 49.4 Å². The average molecular weight is 347 g/mol. The van der Waals surface area contributed by atoms with E-state index in [2.05, 4.69) is 16.9 Å². The fourth-order valence-electron chi connectivity index (χ4n) is 3.12. The molecule has 1 aliphatic rings. The van der Waals surface area contributed by atoms with Crippen molar-refractivity contribution in [2.75, 3.05) is 32.6 Å². The van der Waals surface area contributed by atoms with Crippen molar-refractivity contribution in [2.24, 2.45) is 5.92 Å². The molecule has 130 valence electrons. The van der Waals surface area contributed by atoms with E-state index in [1.807, 2.05) is 29.2 Å². The summed E-state index contributed by atoms with van der Waals surface area (Å²) < 4.78 is 5.21. The van der Waals surface area contributed by atoms with E-state index in [1.165, 1.54) is 0 Å². The Kier molecular flexibility index (Phi) is 5.79. The Labute approximate surface area is 147 Å². The number of aromatic amines is 1. The molecule has 0 spiro atoms. The number of para-hydroxylation sites is 2. The van der Waals surface area contributed by atoms with Gasteiger partial charge in [0.15, 0.2) is 0 Å². The summed E-state index contributed by atoms with van der Waals surface area (Å²) in [6, 6.07) is 8.01. The first-order valence-electron chi connectivity index (χ1n) is 8.50. The van der Waals surface area contributed by atoms with Crippen LogP contribution < -0.4 is 0 Å². The molecule has 2 aromatic rings. The molecule has 5 nitrogen and oxygen atoms in total. The molecule has 1 atom stereocenters. The van der Waals surface area contributed by atoms with Gasteiger partial charge in [0.25, 0.3) is 0 Å². The lowest BCUT2D eigenvalue weighted by atomic mass is 9.98. The highest BCUT2D eigenvalue weighted by Gasteiger charge is 2.23. The van der Waals surface area contributed by atoms with Crippen LogP contribution in [0.25, 0.3) is 11.0 Å². The number of hydrogen-bond acceptors (Lipinski definition) is 4. The molecule has 1 fully saturated rings. The van der Waals surface area contributed by atoms with Crippen LogP contribution in [0.5, 0.6) is 0 Å². The van der Waals surface area contributed by atoms with Crippen LogP contribution in [0.2, 0.25) is 0 Å². The summed E-state index contributed by atoms with van der Waals surface area (Å²) in [5.74, 6) is 2.28. The number of carbonyl (C=O) groups excluding carboxylic acids is 1. The number of likely N-dealkylation sites (tertiary alicyclic amines) is 1. The van der Waals surface area contributed by atoms with E-state index in [-0.39, 0.29) is 11.2 Å². The van der Waals surface area contributed by atoms with Crippen LogP contribution in [-0.2, 0) is 9.53 Å². The Bertz CT molecular complexity index is 647. The lowest BCUT2D eigenvalue weighted by Gasteiger charge is -2.31. The minimum atomic E-state index is 0.174.